The van der Waals surface area contributed by atoms with Gasteiger partial charge in [-0.3, -0.25) is 9.98 Å². The van der Waals surface area contributed by atoms with Crippen LogP contribution in [-0.4, -0.2) is 24.5 Å². The van der Waals surface area contributed by atoms with E-state index in [2.05, 4.69) is 50.3 Å². The molecule has 44 heavy (non-hydrogen) atoms. The highest BCUT2D eigenvalue weighted by Gasteiger charge is 2.15. The second-order valence-corrected chi connectivity index (χ2v) is 13.6. The van der Waals surface area contributed by atoms with Gasteiger partial charge >= 0.3 is 0 Å². The molecule has 0 heterocycles. The van der Waals surface area contributed by atoms with E-state index < -0.39 is 0 Å². The zero-order valence-corrected chi connectivity index (χ0v) is 29.6. The minimum Gasteiger partial charge on any atom is -0.285 e. The highest BCUT2D eigenvalue weighted by molar-refractivity contribution is 6.25. The number of rotatable bonds is 30. The minimum absolute atomic E-state index is 0.942. The van der Waals surface area contributed by atoms with Crippen LogP contribution in [0.3, 0.4) is 0 Å². The van der Waals surface area contributed by atoms with Crippen LogP contribution in [0, 0.1) is 0 Å². The van der Waals surface area contributed by atoms with Crippen LogP contribution < -0.4 is 0 Å². The highest BCUT2D eigenvalue weighted by atomic mass is 14.8. The number of nitrogens with zero attached hydrogens (tertiary/aromatic N) is 2. The Hall–Kier alpha value is -1.70. The van der Waals surface area contributed by atoms with Gasteiger partial charge in [0.05, 0.1) is 11.4 Å². The van der Waals surface area contributed by atoms with E-state index in [0.717, 1.165) is 24.5 Å². The van der Waals surface area contributed by atoms with Crippen LogP contribution in [0.25, 0.3) is 0 Å². The Morgan fingerprint density at radius 2 is 0.591 bits per heavy atom. The van der Waals surface area contributed by atoms with E-state index in [0.29, 0.717) is 0 Å². The molecule has 0 amide bonds. The molecule has 0 atom stereocenters. The fraction of sp³-hybridized carbons (Fsp3) is 0.762. The molecule has 0 saturated carbocycles. The predicted octanol–water partition coefficient (Wildman–Crippen LogP) is 13.8. The largest absolute Gasteiger partial charge is 0.285 e. The quantitative estimate of drug-likeness (QED) is 0.0780. The molecule has 0 N–H and O–H groups in total. The molecule has 0 radical (unpaired) electrons. The van der Waals surface area contributed by atoms with Crippen LogP contribution >= 0.6 is 0 Å². The summed E-state index contributed by atoms with van der Waals surface area (Å²) in [4.78, 5) is 10.0. The monoisotopic (exact) mass is 605 g/mol. The Morgan fingerprint density at radius 3 is 0.864 bits per heavy atom. The van der Waals surface area contributed by atoms with Crippen LogP contribution in [0.1, 0.15) is 205 Å². The summed E-state index contributed by atoms with van der Waals surface area (Å²) in [5, 5.41) is 0. The van der Waals surface area contributed by atoms with Crippen LogP contribution in [0.5, 0.6) is 0 Å². The smallest absolute Gasteiger partial charge is 0.0654 e. The molecule has 1 aliphatic rings. The van der Waals surface area contributed by atoms with Gasteiger partial charge < -0.3 is 0 Å². The molecule has 2 rings (SSSR count). The maximum Gasteiger partial charge on any atom is 0.0654 e. The number of hydrogen-bond donors (Lipinski definition) is 0. The number of aliphatic imine (C=N–C) groups is 2. The Balaban J connectivity index is 1.51. The summed E-state index contributed by atoms with van der Waals surface area (Å²) >= 11 is 0. The van der Waals surface area contributed by atoms with Gasteiger partial charge in [0.2, 0.25) is 0 Å². The van der Waals surface area contributed by atoms with Crippen LogP contribution in [-0.2, 0) is 0 Å². The maximum atomic E-state index is 5.00. The molecule has 250 valence electrons. The van der Waals surface area contributed by atoms with Gasteiger partial charge in [0.25, 0.3) is 0 Å². The van der Waals surface area contributed by atoms with Crippen molar-refractivity contribution in [3.05, 3.63) is 47.5 Å². The standard InChI is InChI=1S/C42H72N2/c1-3-5-7-9-11-13-15-17-19-21-23-25-27-31-37-43-41-35-36-42(40-34-30-29-33-39(40)41)44-38-32-28-26-24-22-20-18-16-14-12-10-8-6-4-2/h29-30,33-36H,3-28,31-32,37-38H2,1-2H3. The summed E-state index contributed by atoms with van der Waals surface area (Å²) in [6, 6.07) is 8.74. The van der Waals surface area contributed by atoms with Crippen molar-refractivity contribution in [1.29, 1.82) is 0 Å². The molecule has 0 bridgehead atoms. The first-order valence-electron chi connectivity index (χ1n) is 19.7. The van der Waals surface area contributed by atoms with Gasteiger partial charge in [-0.2, -0.15) is 0 Å². The zero-order valence-electron chi connectivity index (χ0n) is 29.6. The third-order valence-corrected chi connectivity index (χ3v) is 9.47. The average Bonchev–Trinajstić information content (AvgIpc) is 3.05. The topological polar surface area (TPSA) is 24.7 Å². The van der Waals surface area contributed by atoms with E-state index in [1.165, 1.54) is 191 Å². The lowest BCUT2D eigenvalue weighted by Gasteiger charge is -2.15. The van der Waals surface area contributed by atoms with Gasteiger partial charge in [0.15, 0.2) is 0 Å². The van der Waals surface area contributed by atoms with Crippen LogP contribution in [0.15, 0.2) is 46.4 Å². The summed E-state index contributed by atoms with van der Waals surface area (Å²) in [5.74, 6) is 0. The number of hydrogen-bond acceptors (Lipinski definition) is 2. The molecule has 0 aromatic heterocycles. The fourth-order valence-corrected chi connectivity index (χ4v) is 6.55. The van der Waals surface area contributed by atoms with Crippen molar-refractivity contribution in [2.45, 2.75) is 194 Å². The first-order valence-corrected chi connectivity index (χ1v) is 19.7. The average molecular weight is 605 g/mol. The fourth-order valence-electron chi connectivity index (χ4n) is 6.55. The second kappa shape index (κ2) is 28.8. The highest BCUT2D eigenvalue weighted by Crippen LogP contribution is 2.19. The molecule has 0 aliphatic heterocycles. The van der Waals surface area contributed by atoms with Crippen molar-refractivity contribution in [1.82, 2.24) is 0 Å². The zero-order chi connectivity index (χ0) is 31.2. The van der Waals surface area contributed by atoms with Gasteiger partial charge in [-0.05, 0) is 25.0 Å². The Morgan fingerprint density at radius 1 is 0.341 bits per heavy atom. The van der Waals surface area contributed by atoms with Crippen molar-refractivity contribution in [2.24, 2.45) is 9.98 Å². The van der Waals surface area contributed by atoms with Crippen molar-refractivity contribution in [3.63, 3.8) is 0 Å². The lowest BCUT2D eigenvalue weighted by molar-refractivity contribution is 0.536. The van der Waals surface area contributed by atoms with Crippen LogP contribution in [0.2, 0.25) is 0 Å². The first kappa shape index (κ1) is 38.5. The molecule has 0 saturated heterocycles. The van der Waals surface area contributed by atoms with Crippen LogP contribution in [0.4, 0.5) is 0 Å². The summed E-state index contributed by atoms with van der Waals surface area (Å²) in [6.07, 6.45) is 43.6. The minimum atomic E-state index is 0.942. The van der Waals surface area contributed by atoms with Gasteiger partial charge in [-0.25, -0.2) is 0 Å². The molecule has 1 aromatic rings. The Labute approximate surface area is 275 Å². The van der Waals surface area contributed by atoms with E-state index in [1.807, 2.05) is 0 Å². The SMILES string of the molecule is CCCCCCCCCCCCCCCCN=C1C=CC(=NCCCCCCCCCCCCCCCC)c2ccccc21. The molecule has 0 unspecified atom stereocenters. The van der Waals surface area contributed by atoms with E-state index in [4.69, 9.17) is 9.98 Å². The van der Waals surface area contributed by atoms with E-state index in [9.17, 15) is 0 Å². The lowest BCUT2D eigenvalue weighted by Crippen LogP contribution is -2.14. The first-order chi connectivity index (χ1) is 21.9. The van der Waals surface area contributed by atoms with Gasteiger partial charge in [0.1, 0.15) is 0 Å². The van der Waals surface area contributed by atoms with Gasteiger partial charge in [0, 0.05) is 24.2 Å². The third kappa shape index (κ3) is 19.6. The van der Waals surface area contributed by atoms with Crippen molar-refractivity contribution >= 4 is 11.4 Å². The molecule has 2 heteroatoms. The Kier molecular flexibility index (Phi) is 25.1. The molecule has 1 aromatic carbocycles. The maximum absolute atomic E-state index is 5.00. The lowest BCUT2D eigenvalue weighted by atomic mass is 9.93. The summed E-state index contributed by atoms with van der Waals surface area (Å²) in [5.41, 5.74) is 4.82. The van der Waals surface area contributed by atoms with Gasteiger partial charge in [-0.1, -0.05) is 205 Å². The molecule has 0 fully saturated rings. The van der Waals surface area contributed by atoms with Crippen molar-refractivity contribution in [3.8, 4) is 0 Å². The number of unbranched alkanes of at least 4 members (excludes halogenated alkanes) is 26. The van der Waals surface area contributed by atoms with E-state index >= 15 is 0 Å². The predicted molar refractivity (Wildman–Crippen MR) is 199 cm³/mol. The van der Waals surface area contributed by atoms with Gasteiger partial charge in [-0.15, -0.1) is 0 Å². The van der Waals surface area contributed by atoms with Crippen molar-refractivity contribution < 1.29 is 0 Å². The number of fused-ring (bicyclic) bond motifs is 1. The molecular weight excluding hydrogens is 532 g/mol. The third-order valence-electron chi connectivity index (χ3n) is 9.47. The summed E-state index contributed by atoms with van der Waals surface area (Å²) in [6.45, 7) is 6.48. The summed E-state index contributed by atoms with van der Waals surface area (Å²) in [7, 11) is 0. The van der Waals surface area contributed by atoms with E-state index in [-0.39, 0.29) is 0 Å². The number of benzene rings is 1. The van der Waals surface area contributed by atoms with Crippen molar-refractivity contribution in [2.75, 3.05) is 13.1 Å². The normalized spacial score (nSPS) is 14.6. The molecule has 0 spiro atoms. The molecular formula is C42H72N2. The van der Waals surface area contributed by atoms with E-state index in [1.54, 1.807) is 0 Å². The number of allylic oxidation sites excluding steroid dienone is 2. The Bertz CT molecular complexity index is 809. The molecule has 2 nitrogen and oxygen atoms in total. The second-order valence-electron chi connectivity index (χ2n) is 13.6. The summed E-state index contributed by atoms with van der Waals surface area (Å²) < 4.78 is 0. The molecule has 1 aliphatic carbocycles.